The quantitative estimate of drug-likeness (QED) is 0.688. The zero-order valence-corrected chi connectivity index (χ0v) is 14.6. The molecule has 7 heteroatoms. The highest BCUT2D eigenvalue weighted by Gasteiger charge is 2.06. The number of benzene rings is 2. The third-order valence-corrected chi connectivity index (χ3v) is 3.84. The monoisotopic (exact) mass is 357 g/mol. The third-order valence-electron chi connectivity index (χ3n) is 3.31. The number of halogens is 1. The standard InChI is InChI=1S/C17H16ClN5S/c1-12-5-4-6-13(9-12)10-23-11-19-16(22-23)21-17(24)20-15-8-3-2-7-14(15)18/h2-9,11H,10H2,1H3,(H2,20,21,22,24). The van der Waals surface area contributed by atoms with Gasteiger partial charge in [-0.25, -0.2) is 9.67 Å². The topological polar surface area (TPSA) is 54.8 Å². The van der Waals surface area contributed by atoms with E-state index in [0.717, 1.165) is 5.69 Å². The van der Waals surface area contributed by atoms with Crippen LogP contribution in [-0.2, 0) is 6.54 Å². The zero-order chi connectivity index (χ0) is 16.9. The van der Waals surface area contributed by atoms with E-state index in [4.69, 9.17) is 23.8 Å². The molecule has 1 aromatic heterocycles. The van der Waals surface area contributed by atoms with Gasteiger partial charge in [-0.2, -0.15) is 0 Å². The minimum Gasteiger partial charge on any atom is -0.331 e. The van der Waals surface area contributed by atoms with Crippen molar-refractivity contribution in [1.29, 1.82) is 0 Å². The van der Waals surface area contributed by atoms with Crippen LogP contribution in [0.25, 0.3) is 0 Å². The van der Waals surface area contributed by atoms with Crippen molar-refractivity contribution in [2.75, 3.05) is 10.6 Å². The van der Waals surface area contributed by atoms with E-state index < -0.39 is 0 Å². The Morgan fingerprint density at radius 3 is 2.79 bits per heavy atom. The predicted molar refractivity (Wildman–Crippen MR) is 102 cm³/mol. The maximum atomic E-state index is 6.09. The van der Waals surface area contributed by atoms with Gasteiger partial charge in [-0.15, -0.1) is 5.10 Å². The van der Waals surface area contributed by atoms with E-state index in [0.29, 0.717) is 22.6 Å². The number of nitrogens with one attached hydrogen (secondary N) is 2. The minimum atomic E-state index is 0.386. The fourth-order valence-electron chi connectivity index (χ4n) is 2.24. The molecule has 0 fully saturated rings. The highest BCUT2D eigenvalue weighted by Crippen LogP contribution is 2.20. The summed E-state index contributed by atoms with van der Waals surface area (Å²) in [6, 6.07) is 15.7. The summed E-state index contributed by atoms with van der Waals surface area (Å²) in [5, 5.41) is 11.3. The van der Waals surface area contributed by atoms with E-state index in [1.54, 1.807) is 17.1 Å². The lowest BCUT2D eigenvalue weighted by atomic mass is 10.1. The number of hydrogen-bond acceptors (Lipinski definition) is 3. The normalized spacial score (nSPS) is 10.4. The number of hydrogen-bond donors (Lipinski definition) is 2. The molecule has 0 bridgehead atoms. The molecule has 2 N–H and O–H groups in total. The largest absolute Gasteiger partial charge is 0.331 e. The van der Waals surface area contributed by atoms with Crippen molar-refractivity contribution in [3.8, 4) is 0 Å². The molecule has 122 valence electrons. The lowest BCUT2D eigenvalue weighted by Gasteiger charge is -2.09. The van der Waals surface area contributed by atoms with Gasteiger partial charge in [-0.05, 0) is 36.8 Å². The Balaban J connectivity index is 1.61. The maximum Gasteiger partial charge on any atom is 0.248 e. The van der Waals surface area contributed by atoms with Gasteiger partial charge in [0.05, 0.1) is 17.3 Å². The highest BCUT2D eigenvalue weighted by atomic mass is 35.5. The third kappa shape index (κ3) is 4.31. The lowest BCUT2D eigenvalue weighted by Crippen LogP contribution is -2.20. The maximum absolute atomic E-state index is 6.09. The van der Waals surface area contributed by atoms with Crippen LogP contribution in [-0.4, -0.2) is 19.9 Å². The van der Waals surface area contributed by atoms with E-state index in [1.165, 1.54) is 11.1 Å². The molecule has 0 aliphatic carbocycles. The molecule has 2 aromatic carbocycles. The van der Waals surface area contributed by atoms with Crippen LogP contribution in [0.15, 0.2) is 54.9 Å². The van der Waals surface area contributed by atoms with E-state index in [2.05, 4.69) is 45.8 Å². The van der Waals surface area contributed by atoms with Crippen molar-refractivity contribution in [2.24, 2.45) is 0 Å². The molecular weight excluding hydrogens is 342 g/mol. The first-order valence-electron chi connectivity index (χ1n) is 7.38. The van der Waals surface area contributed by atoms with Gasteiger partial charge >= 0.3 is 0 Å². The Kier molecular flexibility index (Phi) is 5.08. The van der Waals surface area contributed by atoms with Crippen molar-refractivity contribution in [3.63, 3.8) is 0 Å². The van der Waals surface area contributed by atoms with Gasteiger partial charge < -0.3 is 5.32 Å². The Hall–Kier alpha value is -2.44. The van der Waals surface area contributed by atoms with Crippen LogP contribution in [0.1, 0.15) is 11.1 Å². The molecule has 0 aliphatic heterocycles. The summed E-state index contributed by atoms with van der Waals surface area (Å²) in [5.41, 5.74) is 3.12. The molecule has 0 amide bonds. The van der Waals surface area contributed by atoms with Gasteiger partial charge in [0.1, 0.15) is 6.33 Å². The van der Waals surface area contributed by atoms with Crippen LogP contribution >= 0.6 is 23.8 Å². The molecule has 3 rings (SSSR count). The average Bonchev–Trinajstić information content (AvgIpc) is 2.96. The second-order valence-electron chi connectivity index (χ2n) is 5.31. The van der Waals surface area contributed by atoms with Gasteiger partial charge in [0.15, 0.2) is 5.11 Å². The van der Waals surface area contributed by atoms with E-state index in [1.807, 2.05) is 24.3 Å². The Labute approximate surface area is 150 Å². The van der Waals surface area contributed by atoms with Gasteiger partial charge in [-0.3, -0.25) is 5.32 Å². The zero-order valence-electron chi connectivity index (χ0n) is 13.0. The minimum absolute atomic E-state index is 0.386. The summed E-state index contributed by atoms with van der Waals surface area (Å²) in [6.07, 6.45) is 1.67. The number of aromatic nitrogens is 3. The van der Waals surface area contributed by atoms with Crippen molar-refractivity contribution >= 4 is 40.6 Å². The fourth-order valence-corrected chi connectivity index (χ4v) is 2.63. The van der Waals surface area contributed by atoms with Crippen LogP contribution in [0.5, 0.6) is 0 Å². The summed E-state index contributed by atoms with van der Waals surface area (Å²) in [7, 11) is 0. The van der Waals surface area contributed by atoms with Crippen LogP contribution in [0.3, 0.4) is 0 Å². The molecule has 3 aromatic rings. The molecule has 0 unspecified atom stereocenters. The van der Waals surface area contributed by atoms with Crippen LogP contribution in [0.4, 0.5) is 11.6 Å². The smallest absolute Gasteiger partial charge is 0.248 e. The second kappa shape index (κ2) is 7.42. The van der Waals surface area contributed by atoms with Crippen molar-refractivity contribution < 1.29 is 0 Å². The predicted octanol–water partition coefficient (Wildman–Crippen LogP) is 4.10. The van der Waals surface area contributed by atoms with Gasteiger partial charge in [0.2, 0.25) is 5.95 Å². The molecule has 24 heavy (non-hydrogen) atoms. The molecule has 0 saturated carbocycles. The molecule has 0 aliphatic rings. The summed E-state index contributed by atoms with van der Waals surface area (Å²) < 4.78 is 1.76. The van der Waals surface area contributed by atoms with Gasteiger partial charge in [-0.1, -0.05) is 53.6 Å². The van der Waals surface area contributed by atoms with E-state index in [-0.39, 0.29) is 0 Å². The first-order valence-corrected chi connectivity index (χ1v) is 8.16. The Morgan fingerprint density at radius 1 is 1.17 bits per heavy atom. The number of anilines is 2. The molecular formula is C17H16ClN5S. The van der Waals surface area contributed by atoms with E-state index in [9.17, 15) is 0 Å². The van der Waals surface area contributed by atoms with Crippen LogP contribution < -0.4 is 10.6 Å². The molecule has 5 nitrogen and oxygen atoms in total. The fraction of sp³-hybridized carbons (Fsp3) is 0.118. The molecule has 0 atom stereocenters. The SMILES string of the molecule is Cc1cccc(Cn2cnc(NC(=S)Nc3ccccc3Cl)n2)c1. The Morgan fingerprint density at radius 2 is 2.00 bits per heavy atom. The van der Waals surface area contributed by atoms with Crippen molar-refractivity contribution in [2.45, 2.75) is 13.5 Å². The van der Waals surface area contributed by atoms with Gasteiger partial charge in [0.25, 0.3) is 0 Å². The van der Waals surface area contributed by atoms with Crippen LogP contribution in [0.2, 0.25) is 5.02 Å². The molecule has 1 heterocycles. The summed E-state index contributed by atoms with van der Waals surface area (Å²) in [6.45, 7) is 2.72. The van der Waals surface area contributed by atoms with Crippen molar-refractivity contribution in [3.05, 3.63) is 71.0 Å². The number of thiocarbonyl (C=S) groups is 1. The lowest BCUT2D eigenvalue weighted by molar-refractivity contribution is 0.687. The molecule has 0 saturated heterocycles. The number of rotatable bonds is 4. The Bertz CT molecular complexity index is 861. The first-order chi connectivity index (χ1) is 11.6. The molecule has 0 spiro atoms. The summed E-state index contributed by atoms with van der Waals surface area (Å²) in [4.78, 5) is 4.22. The molecule has 0 radical (unpaired) electrons. The number of para-hydroxylation sites is 1. The van der Waals surface area contributed by atoms with E-state index >= 15 is 0 Å². The summed E-state index contributed by atoms with van der Waals surface area (Å²) in [5.74, 6) is 0.437. The van der Waals surface area contributed by atoms with Crippen molar-refractivity contribution in [1.82, 2.24) is 14.8 Å². The van der Waals surface area contributed by atoms with Gasteiger partial charge in [0, 0.05) is 0 Å². The summed E-state index contributed by atoms with van der Waals surface area (Å²) >= 11 is 11.4. The average molecular weight is 358 g/mol. The second-order valence-corrected chi connectivity index (χ2v) is 6.13. The number of aryl methyl sites for hydroxylation is 1. The number of nitrogens with zero attached hydrogens (tertiary/aromatic N) is 3. The van der Waals surface area contributed by atoms with Crippen LogP contribution in [0, 0.1) is 6.92 Å². The first kappa shape index (κ1) is 16.4. The highest BCUT2D eigenvalue weighted by molar-refractivity contribution is 7.80.